The average Bonchev–Trinajstić information content (AvgIpc) is 3.01. The van der Waals surface area contributed by atoms with Gasteiger partial charge in [0.1, 0.15) is 0 Å². The Bertz CT molecular complexity index is 525. The van der Waals surface area contributed by atoms with Crippen molar-refractivity contribution in [1.82, 2.24) is 0 Å². The minimum absolute atomic E-state index is 0.00415. The van der Waals surface area contributed by atoms with Crippen molar-refractivity contribution in [3.63, 3.8) is 0 Å². The van der Waals surface area contributed by atoms with Crippen molar-refractivity contribution >= 4 is 17.7 Å². The lowest BCUT2D eigenvalue weighted by Crippen LogP contribution is -2.43. The molecule has 2 rings (SSSR count). The van der Waals surface area contributed by atoms with Gasteiger partial charge in [-0.15, -0.1) is 0 Å². The van der Waals surface area contributed by atoms with E-state index in [-0.39, 0.29) is 18.1 Å². The van der Waals surface area contributed by atoms with E-state index in [1.165, 1.54) is 18.4 Å². The molecule has 0 saturated heterocycles. The SMILES string of the molecule is O=C(CC(CC1CCCCC1)(C(=O)O)C(=O)O)c1ccco1. The van der Waals surface area contributed by atoms with Gasteiger partial charge < -0.3 is 14.6 Å². The van der Waals surface area contributed by atoms with E-state index in [1.54, 1.807) is 0 Å². The Balaban J connectivity index is 2.22. The van der Waals surface area contributed by atoms with Crippen molar-refractivity contribution in [2.75, 3.05) is 0 Å². The standard InChI is InChI=1S/C16H20O6/c17-12(13-7-4-8-22-13)10-16(14(18)19,15(20)21)9-11-5-2-1-3-6-11/h4,7-8,11H,1-3,5-6,9-10H2,(H,18,19)(H,20,21). The Morgan fingerprint density at radius 1 is 1.14 bits per heavy atom. The minimum atomic E-state index is -2.08. The summed E-state index contributed by atoms with van der Waals surface area (Å²) >= 11 is 0. The van der Waals surface area contributed by atoms with Crippen LogP contribution in [0.4, 0.5) is 0 Å². The van der Waals surface area contributed by atoms with E-state index >= 15 is 0 Å². The first-order chi connectivity index (χ1) is 10.5. The molecule has 1 aromatic rings. The van der Waals surface area contributed by atoms with Gasteiger partial charge in [-0.3, -0.25) is 14.4 Å². The van der Waals surface area contributed by atoms with Gasteiger partial charge in [0.25, 0.3) is 0 Å². The number of carbonyl (C=O) groups excluding carboxylic acids is 1. The van der Waals surface area contributed by atoms with Crippen LogP contribution in [0.5, 0.6) is 0 Å². The average molecular weight is 308 g/mol. The molecule has 0 bridgehead atoms. The summed E-state index contributed by atoms with van der Waals surface area (Å²) < 4.78 is 4.96. The molecular weight excluding hydrogens is 288 g/mol. The molecule has 6 nitrogen and oxygen atoms in total. The van der Waals surface area contributed by atoms with Crippen molar-refractivity contribution in [2.45, 2.75) is 44.9 Å². The van der Waals surface area contributed by atoms with Gasteiger partial charge >= 0.3 is 11.9 Å². The van der Waals surface area contributed by atoms with Gasteiger partial charge in [0.05, 0.1) is 6.26 Å². The summed E-state index contributed by atoms with van der Waals surface area (Å²) in [7, 11) is 0. The van der Waals surface area contributed by atoms with E-state index in [4.69, 9.17) is 4.42 Å². The first kappa shape index (κ1) is 16.3. The van der Waals surface area contributed by atoms with Crippen LogP contribution in [0.1, 0.15) is 55.5 Å². The molecule has 0 radical (unpaired) electrons. The highest BCUT2D eigenvalue weighted by atomic mass is 16.4. The van der Waals surface area contributed by atoms with Crippen molar-refractivity contribution in [2.24, 2.45) is 11.3 Å². The van der Waals surface area contributed by atoms with E-state index in [0.717, 1.165) is 32.1 Å². The summed E-state index contributed by atoms with van der Waals surface area (Å²) in [6, 6.07) is 2.93. The van der Waals surface area contributed by atoms with Crippen molar-refractivity contribution in [1.29, 1.82) is 0 Å². The summed E-state index contributed by atoms with van der Waals surface area (Å²) in [5.74, 6) is -3.47. The molecule has 1 heterocycles. The summed E-state index contributed by atoms with van der Waals surface area (Å²) in [4.78, 5) is 35.5. The largest absolute Gasteiger partial charge is 0.480 e. The van der Waals surface area contributed by atoms with Gasteiger partial charge in [-0.05, 0) is 24.5 Å². The van der Waals surface area contributed by atoms with Crippen LogP contribution in [0, 0.1) is 11.3 Å². The van der Waals surface area contributed by atoms with Crippen LogP contribution in [-0.2, 0) is 9.59 Å². The smallest absolute Gasteiger partial charge is 0.321 e. The Kier molecular flexibility index (Phi) is 5.00. The van der Waals surface area contributed by atoms with Gasteiger partial charge in [0, 0.05) is 6.42 Å². The molecular formula is C16H20O6. The molecule has 0 amide bonds. The molecule has 2 N–H and O–H groups in total. The Morgan fingerprint density at radius 2 is 1.77 bits per heavy atom. The van der Waals surface area contributed by atoms with Gasteiger partial charge in [0.15, 0.2) is 17.0 Å². The number of aliphatic carboxylic acids is 2. The molecule has 1 fully saturated rings. The number of hydrogen-bond donors (Lipinski definition) is 2. The third-order valence-corrected chi connectivity index (χ3v) is 4.44. The highest BCUT2D eigenvalue weighted by Crippen LogP contribution is 2.38. The number of Topliss-reactive ketones (excluding diaryl/α,β-unsaturated/α-hetero) is 1. The fraction of sp³-hybridized carbons (Fsp3) is 0.562. The number of hydrogen-bond acceptors (Lipinski definition) is 4. The molecule has 22 heavy (non-hydrogen) atoms. The van der Waals surface area contributed by atoms with Crippen molar-refractivity contribution in [3.05, 3.63) is 24.2 Å². The Morgan fingerprint density at radius 3 is 2.27 bits per heavy atom. The predicted octanol–water partition coefficient (Wildman–Crippen LogP) is 2.98. The minimum Gasteiger partial charge on any atom is -0.480 e. The monoisotopic (exact) mass is 308 g/mol. The molecule has 0 spiro atoms. The maximum atomic E-state index is 12.2. The zero-order valence-corrected chi connectivity index (χ0v) is 12.3. The third kappa shape index (κ3) is 3.37. The zero-order chi connectivity index (χ0) is 16.2. The topological polar surface area (TPSA) is 105 Å². The Hall–Kier alpha value is -2.11. The van der Waals surface area contributed by atoms with Gasteiger partial charge in [-0.2, -0.15) is 0 Å². The first-order valence-electron chi connectivity index (χ1n) is 7.49. The fourth-order valence-electron chi connectivity index (χ4n) is 3.17. The van der Waals surface area contributed by atoms with Crippen LogP contribution in [0.2, 0.25) is 0 Å². The molecule has 1 aliphatic rings. The van der Waals surface area contributed by atoms with Crippen LogP contribution < -0.4 is 0 Å². The summed E-state index contributed by atoms with van der Waals surface area (Å²) in [5, 5.41) is 19.0. The van der Waals surface area contributed by atoms with Crippen molar-refractivity contribution in [3.8, 4) is 0 Å². The van der Waals surface area contributed by atoms with Gasteiger partial charge in [-0.1, -0.05) is 32.1 Å². The van der Waals surface area contributed by atoms with E-state index in [1.807, 2.05) is 0 Å². The second kappa shape index (κ2) is 6.77. The van der Waals surface area contributed by atoms with E-state index in [9.17, 15) is 24.6 Å². The zero-order valence-electron chi connectivity index (χ0n) is 12.3. The van der Waals surface area contributed by atoms with Crippen LogP contribution in [0.3, 0.4) is 0 Å². The number of carboxylic acid groups (broad SMARTS) is 2. The van der Waals surface area contributed by atoms with Gasteiger partial charge in [0.2, 0.25) is 0 Å². The van der Waals surface area contributed by atoms with Crippen LogP contribution in [-0.4, -0.2) is 27.9 Å². The van der Waals surface area contributed by atoms with Crippen LogP contribution in [0.15, 0.2) is 22.8 Å². The molecule has 1 saturated carbocycles. The third-order valence-electron chi connectivity index (χ3n) is 4.44. The first-order valence-corrected chi connectivity index (χ1v) is 7.49. The molecule has 120 valence electrons. The molecule has 0 aliphatic heterocycles. The molecule has 1 aromatic heterocycles. The van der Waals surface area contributed by atoms with E-state index < -0.39 is 29.6 Å². The number of furan rings is 1. The number of rotatable bonds is 7. The summed E-state index contributed by atoms with van der Waals surface area (Å²) in [6.07, 6.45) is 5.39. The summed E-state index contributed by atoms with van der Waals surface area (Å²) in [5.41, 5.74) is -2.08. The summed E-state index contributed by atoms with van der Waals surface area (Å²) in [6.45, 7) is 0. The van der Waals surface area contributed by atoms with E-state index in [0.29, 0.717) is 0 Å². The molecule has 0 unspecified atom stereocenters. The molecule has 0 aromatic carbocycles. The highest BCUT2D eigenvalue weighted by molar-refractivity contribution is 6.05. The second-order valence-corrected chi connectivity index (χ2v) is 5.98. The molecule has 6 heteroatoms. The number of carboxylic acids is 2. The van der Waals surface area contributed by atoms with E-state index in [2.05, 4.69) is 0 Å². The normalized spacial score (nSPS) is 16.4. The highest BCUT2D eigenvalue weighted by Gasteiger charge is 2.50. The fourth-order valence-corrected chi connectivity index (χ4v) is 3.17. The lowest BCUT2D eigenvalue weighted by molar-refractivity contribution is -0.166. The lowest BCUT2D eigenvalue weighted by Gasteiger charge is -2.30. The van der Waals surface area contributed by atoms with Gasteiger partial charge in [-0.25, -0.2) is 0 Å². The molecule has 1 aliphatic carbocycles. The molecule has 0 atom stereocenters. The maximum absolute atomic E-state index is 12.2. The predicted molar refractivity (Wildman–Crippen MR) is 76.6 cm³/mol. The maximum Gasteiger partial charge on any atom is 0.321 e. The number of carbonyl (C=O) groups is 3. The van der Waals surface area contributed by atoms with Crippen LogP contribution >= 0.6 is 0 Å². The second-order valence-electron chi connectivity index (χ2n) is 5.98. The van der Waals surface area contributed by atoms with Crippen molar-refractivity contribution < 1.29 is 29.0 Å². The number of ketones is 1. The van der Waals surface area contributed by atoms with Crippen LogP contribution in [0.25, 0.3) is 0 Å². The quantitative estimate of drug-likeness (QED) is 0.592. The Labute approximate surface area is 128 Å². The lowest BCUT2D eigenvalue weighted by atomic mass is 9.71.